The first-order chi connectivity index (χ1) is 10.7. The molecule has 1 atom stereocenters. The fourth-order valence-electron chi connectivity index (χ4n) is 2.22. The molecule has 12 heteroatoms. The third-order valence-electron chi connectivity index (χ3n) is 3.73. The Morgan fingerprint density at radius 1 is 1.30 bits per heavy atom. The molecule has 2 fully saturated rings. The number of nitrogens with one attached hydrogen (secondary N) is 2. The lowest BCUT2D eigenvalue weighted by Gasteiger charge is -2.33. The number of rotatable bonds is 6. The van der Waals surface area contributed by atoms with Crippen LogP contribution in [0.5, 0.6) is 0 Å². The number of carbonyl (C=O) groups excluding carboxylic acids is 2. The fraction of sp³-hybridized carbons (Fsp3) is 0.818. The van der Waals surface area contributed by atoms with Crippen molar-refractivity contribution in [3.8, 4) is 0 Å². The topological polar surface area (TPSA) is 160 Å². The van der Waals surface area contributed by atoms with Crippen LogP contribution >= 0.6 is 0 Å². The van der Waals surface area contributed by atoms with E-state index in [4.69, 9.17) is 15.1 Å². The van der Waals surface area contributed by atoms with Crippen LogP contribution in [-0.4, -0.2) is 54.5 Å². The highest BCUT2D eigenvalue weighted by molar-refractivity contribution is 7.80. The normalized spacial score (nSPS) is 23.2. The Kier molecular flexibility index (Phi) is 5.41. The summed E-state index contributed by atoms with van der Waals surface area (Å²) in [5, 5.41) is 0. The molecule has 3 amide bonds. The highest BCUT2D eigenvalue weighted by atomic mass is 32.3. The zero-order valence-electron chi connectivity index (χ0n) is 12.4. The summed E-state index contributed by atoms with van der Waals surface area (Å²) in [5.74, 6) is -0.532. The van der Waals surface area contributed by atoms with Gasteiger partial charge in [-0.05, 0) is 32.1 Å². The lowest BCUT2D eigenvalue weighted by molar-refractivity contribution is -0.140. The molecule has 132 valence electrons. The van der Waals surface area contributed by atoms with Crippen molar-refractivity contribution in [3.05, 3.63) is 0 Å². The van der Waals surface area contributed by atoms with Crippen LogP contribution in [0.3, 0.4) is 0 Å². The summed E-state index contributed by atoms with van der Waals surface area (Å²) in [6.45, 7) is 0.420. The summed E-state index contributed by atoms with van der Waals surface area (Å²) < 4.78 is 33.2. The monoisotopic (exact) mass is 352 g/mol. The van der Waals surface area contributed by atoms with Crippen LogP contribution in [0.1, 0.15) is 32.1 Å². The van der Waals surface area contributed by atoms with Gasteiger partial charge in [-0.25, -0.2) is 10.3 Å². The summed E-state index contributed by atoms with van der Waals surface area (Å²) in [7, 11) is -4.82. The first kappa shape index (κ1) is 17.9. The first-order valence-electron chi connectivity index (χ1n) is 7.13. The molecule has 5 N–H and O–H groups in total. The van der Waals surface area contributed by atoms with Crippen LogP contribution in [0.4, 0.5) is 4.79 Å². The van der Waals surface area contributed by atoms with E-state index in [1.165, 1.54) is 0 Å². The Hall–Kier alpha value is -1.47. The molecule has 2 rings (SSSR count). The largest absolute Gasteiger partial charge is 0.418 e. The Balaban J connectivity index is 1.86. The lowest BCUT2D eigenvalue weighted by Crippen LogP contribution is -2.55. The number of hydrogen-bond donors (Lipinski definition) is 4. The van der Waals surface area contributed by atoms with Crippen molar-refractivity contribution >= 4 is 22.3 Å². The maximum Gasteiger partial charge on any atom is 0.418 e. The molecule has 1 aliphatic heterocycles. The van der Waals surface area contributed by atoms with E-state index in [1.54, 1.807) is 5.48 Å². The standard InChI is InChI=1S/C11H20N4O7S/c12-11(4-5-11)7-21-13-9(16)8-3-1-2-6-15(8)10(17)14-22-23(18,19)20/h8H,1-7,12H2,(H,13,16)(H,14,17)(H,18,19,20)/t8-/m0/s1. The first-order valence-corrected chi connectivity index (χ1v) is 8.50. The van der Waals surface area contributed by atoms with E-state index in [0.717, 1.165) is 24.2 Å². The minimum absolute atomic E-state index is 0.184. The molecule has 0 unspecified atom stereocenters. The van der Waals surface area contributed by atoms with Gasteiger partial charge >= 0.3 is 16.4 Å². The molecule has 11 nitrogen and oxygen atoms in total. The Morgan fingerprint density at radius 3 is 2.61 bits per heavy atom. The van der Waals surface area contributed by atoms with Crippen LogP contribution < -0.4 is 16.7 Å². The predicted molar refractivity (Wildman–Crippen MR) is 75.8 cm³/mol. The maximum atomic E-state index is 12.1. The summed E-state index contributed by atoms with van der Waals surface area (Å²) in [6.07, 6.45) is 3.42. The maximum absolute atomic E-state index is 12.1. The number of nitrogens with zero attached hydrogens (tertiary/aromatic N) is 1. The molecular weight excluding hydrogens is 332 g/mol. The molecule has 0 aromatic carbocycles. The summed E-state index contributed by atoms with van der Waals surface area (Å²) >= 11 is 0. The number of carbonyl (C=O) groups is 2. The average Bonchev–Trinajstić information content (AvgIpc) is 3.21. The number of likely N-dealkylation sites (tertiary alicyclic amines) is 1. The van der Waals surface area contributed by atoms with E-state index in [0.29, 0.717) is 12.8 Å². The minimum atomic E-state index is -4.82. The van der Waals surface area contributed by atoms with Gasteiger partial charge in [0.2, 0.25) is 0 Å². The van der Waals surface area contributed by atoms with Crippen LogP contribution in [0.25, 0.3) is 0 Å². The molecule has 2 aliphatic rings. The van der Waals surface area contributed by atoms with Gasteiger partial charge in [-0.15, -0.1) is 4.28 Å². The Bertz CT molecular complexity index is 563. The van der Waals surface area contributed by atoms with Gasteiger partial charge in [0.15, 0.2) is 0 Å². The van der Waals surface area contributed by atoms with Gasteiger partial charge in [0, 0.05) is 12.1 Å². The quantitative estimate of drug-likeness (QED) is 0.343. The van der Waals surface area contributed by atoms with Crippen molar-refractivity contribution in [1.29, 1.82) is 0 Å². The van der Waals surface area contributed by atoms with E-state index in [9.17, 15) is 18.0 Å². The van der Waals surface area contributed by atoms with E-state index < -0.39 is 28.4 Å². The third-order valence-corrected chi connectivity index (χ3v) is 4.02. The number of nitrogens with two attached hydrogens (primary N) is 1. The molecular formula is C11H20N4O7S. The molecule has 23 heavy (non-hydrogen) atoms. The van der Waals surface area contributed by atoms with Crippen LogP contribution in [0.2, 0.25) is 0 Å². The molecule has 1 saturated carbocycles. The summed E-state index contributed by atoms with van der Waals surface area (Å²) in [6, 6.07) is -1.78. The highest BCUT2D eigenvalue weighted by Gasteiger charge is 2.39. The van der Waals surface area contributed by atoms with Gasteiger partial charge < -0.3 is 10.6 Å². The highest BCUT2D eigenvalue weighted by Crippen LogP contribution is 2.31. The summed E-state index contributed by atoms with van der Waals surface area (Å²) in [4.78, 5) is 30.2. The number of urea groups is 1. The van der Waals surface area contributed by atoms with E-state index >= 15 is 0 Å². The van der Waals surface area contributed by atoms with E-state index in [-0.39, 0.29) is 18.7 Å². The fourth-order valence-corrected chi connectivity index (χ4v) is 2.39. The average molecular weight is 352 g/mol. The number of piperidine rings is 1. The second-order valence-corrected chi connectivity index (χ2v) is 6.76. The number of hydrogen-bond acceptors (Lipinski definition) is 7. The molecule has 0 bridgehead atoms. The van der Waals surface area contributed by atoms with Crippen LogP contribution in [0.15, 0.2) is 0 Å². The smallest absolute Gasteiger partial charge is 0.323 e. The van der Waals surface area contributed by atoms with Gasteiger partial charge in [0.05, 0.1) is 6.61 Å². The van der Waals surface area contributed by atoms with Gasteiger partial charge in [-0.3, -0.25) is 14.2 Å². The van der Waals surface area contributed by atoms with Gasteiger partial charge in [-0.2, -0.15) is 13.9 Å². The van der Waals surface area contributed by atoms with Crippen molar-refractivity contribution < 1.29 is 31.7 Å². The summed E-state index contributed by atoms with van der Waals surface area (Å²) in [5.41, 5.74) is 9.26. The second-order valence-electron chi connectivity index (χ2n) is 5.74. The van der Waals surface area contributed by atoms with Crippen molar-refractivity contribution in [1.82, 2.24) is 15.9 Å². The lowest BCUT2D eigenvalue weighted by atomic mass is 10.0. The molecule has 0 radical (unpaired) electrons. The van der Waals surface area contributed by atoms with Crippen molar-refractivity contribution in [2.45, 2.75) is 43.7 Å². The zero-order valence-corrected chi connectivity index (χ0v) is 13.2. The second kappa shape index (κ2) is 6.97. The van der Waals surface area contributed by atoms with Crippen LogP contribution in [-0.2, 0) is 24.3 Å². The van der Waals surface area contributed by atoms with Gasteiger partial charge in [0.1, 0.15) is 6.04 Å². The SMILES string of the molecule is NC1(CONC(=O)[C@@H]2CCCCN2C(=O)NOS(=O)(=O)O)CC1. The third kappa shape index (κ3) is 5.58. The molecule has 1 heterocycles. The van der Waals surface area contributed by atoms with Crippen molar-refractivity contribution in [2.75, 3.05) is 13.2 Å². The minimum Gasteiger partial charge on any atom is -0.323 e. The number of hydroxylamine groups is 2. The van der Waals surface area contributed by atoms with Gasteiger partial charge in [-0.1, -0.05) is 0 Å². The van der Waals surface area contributed by atoms with Crippen LogP contribution in [0, 0.1) is 0 Å². The molecule has 0 aromatic heterocycles. The van der Waals surface area contributed by atoms with Gasteiger partial charge in [0.25, 0.3) is 5.91 Å². The Labute approximate surface area is 133 Å². The predicted octanol–water partition coefficient (Wildman–Crippen LogP) is -1.18. The molecule has 0 aromatic rings. The van der Waals surface area contributed by atoms with Crippen molar-refractivity contribution in [3.63, 3.8) is 0 Å². The van der Waals surface area contributed by atoms with E-state index in [2.05, 4.69) is 9.76 Å². The molecule has 1 aliphatic carbocycles. The Morgan fingerprint density at radius 2 is 2.00 bits per heavy atom. The number of amides is 3. The zero-order chi connectivity index (χ0) is 17.1. The molecule has 1 saturated heterocycles. The molecule has 0 spiro atoms. The van der Waals surface area contributed by atoms with E-state index in [1.807, 2.05) is 0 Å². The van der Waals surface area contributed by atoms with Crippen molar-refractivity contribution in [2.24, 2.45) is 5.73 Å².